The molecule has 0 heterocycles. The monoisotopic (exact) mass is 281 g/mol. The van der Waals surface area contributed by atoms with Crippen LogP contribution in [0.4, 0.5) is 5.69 Å². The van der Waals surface area contributed by atoms with Crippen LogP contribution in [0.15, 0.2) is 60.7 Å². The summed E-state index contributed by atoms with van der Waals surface area (Å²) in [6.07, 6.45) is 1.52. The van der Waals surface area contributed by atoms with Gasteiger partial charge in [0, 0.05) is 12.1 Å². The average Bonchev–Trinajstić information content (AvgIpc) is 2.52. The Morgan fingerprint density at radius 2 is 1.52 bits per heavy atom. The molecule has 0 spiro atoms. The summed E-state index contributed by atoms with van der Waals surface area (Å²) in [6, 6.07) is 20.1. The van der Waals surface area contributed by atoms with E-state index in [9.17, 15) is 4.79 Å². The summed E-state index contributed by atoms with van der Waals surface area (Å²) in [5.41, 5.74) is 2.12. The van der Waals surface area contributed by atoms with Crippen molar-refractivity contribution in [2.75, 3.05) is 4.90 Å². The zero-order chi connectivity index (χ0) is 15.1. The van der Waals surface area contributed by atoms with Gasteiger partial charge in [-0.2, -0.15) is 0 Å². The summed E-state index contributed by atoms with van der Waals surface area (Å²) in [6.45, 7) is 4.93. The Labute approximate surface area is 127 Å². The van der Waals surface area contributed by atoms with E-state index >= 15 is 0 Å². The van der Waals surface area contributed by atoms with E-state index in [1.807, 2.05) is 53.4 Å². The Kier molecular flexibility index (Phi) is 5.56. The van der Waals surface area contributed by atoms with Crippen LogP contribution in [0.5, 0.6) is 0 Å². The minimum Gasteiger partial charge on any atom is -0.308 e. The largest absolute Gasteiger partial charge is 0.308 e. The molecule has 2 heteroatoms. The Morgan fingerprint density at radius 1 is 0.952 bits per heavy atom. The predicted molar refractivity (Wildman–Crippen MR) is 88.1 cm³/mol. The third-order valence-electron chi connectivity index (χ3n) is 3.49. The highest BCUT2D eigenvalue weighted by molar-refractivity contribution is 5.93. The van der Waals surface area contributed by atoms with Crippen LogP contribution in [0, 0.1) is 5.92 Å². The number of carbonyl (C=O) groups is 1. The first kappa shape index (κ1) is 15.3. The number of para-hydroxylation sites is 1. The molecule has 0 aromatic heterocycles. The summed E-state index contributed by atoms with van der Waals surface area (Å²) in [4.78, 5) is 14.5. The van der Waals surface area contributed by atoms with E-state index in [1.54, 1.807) is 0 Å². The molecule has 0 saturated heterocycles. The lowest BCUT2D eigenvalue weighted by Gasteiger charge is -2.23. The first-order valence-electron chi connectivity index (χ1n) is 7.56. The van der Waals surface area contributed by atoms with Gasteiger partial charge in [0.25, 0.3) is 0 Å². The van der Waals surface area contributed by atoms with Gasteiger partial charge >= 0.3 is 0 Å². The zero-order valence-corrected chi connectivity index (χ0v) is 12.8. The van der Waals surface area contributed by atoms with Crippen molar-refractivity contribution < 1.29 is 4.79 Å². The first-order valence-corrected chi connectivity index (χ1v) is 7.56. The first-order chi connectivity index (χ1) is 10.2. The Hall–Kier alpha value is -2.09. The molecule has 21 heavy (non-hydrogen) atoms. The van der Waals surface area contributed by atoms with Crippen molar-refractivity contribution in [3.05, 3.63) is 66.2 Å². The summed E-state index contributed by atoms with van der Waals surface area (Å²) >= 11 is 0. The Bertz CT molecular complexity index is 548. The Morgan fingerprint density at radius 3 is 2.10 bits per heavy atom. The molecule has 0 radical (unpaired) electrons. The van der Waals surface area contributed by atoms with Crippen molar-refractivity contribution >= 4 is 11.6 Å². The van der Waals surface area contributed by atoms with Crippen molar-refractivity contribution in [2.45, 2.75) is 33.2 Å². The SMILES string of the molecule is CC(C)CCC(=O)N(Cc1ccccc1)c1ccccc1. The number of hydrogen-bond donors (Lipinski definition) is 0. The number of hydrogen-bond acceptors (Lipinski definition) is 1. The van der Waals surface area contributed by atoms with Gasteiger partial charge in [-0.25, -0.2) is 0 Å². The van der Waals surface area contributed by atoms with Crippen molar-refractivity contribution in [1.82, 2.24) is 0 Å². The summed E-state index contributed by atoms with van der Waals surface area (Å²) in [5.74, 6) is 0.738. The maximum absolute atomic E-state index is 12.6. The highest BCUT2D eigenvalue weighted by Crippen LogP contribution is 2.19. The fourth-order valence-electron chi connectivity index (χ4n) is 2.24. The van der Waals surface area contributed by atoms with Crippen LogP contribution in [-0.4, -0.2) is 5.91 Å². The van der Waals surface area contributed by atoms with Gasteiger partial charge in [-0.05, 0) is 30.0 Å². The summed E-state index contributed by atoms with van der Waals surface area (Å²) < 4.78 is 0. The lowest BCUT2D eigenvalue weighted by Crippen LogP contribution is -2.30. The highest BCUT2D eigenvalue weighted by atomic mass is 16.2. The van der Waals surface area contributed by atoms with Gasteiger partial charge < -0.3 is 4.90 Å². The standard InChI is InChI=1S/C19H23NO/c1-16(2)13-14-19(21)20(18-11-7-4-8-12-18)15-17-9-5-3-6-10-17/h3-12,16H,13-15H2,1-2H3. The number of amides is 1. The quantitative estimate of drug-likeness (QED) is 0.754. The average molecular weight is 281 g/mol. The fraction of sp³-hybridized carbons (Fsp3) is 0.316. The summed E-state index contributed by atoms with van der Waals surface area (Å²) in [7, 11) is 0. The van der Waals surface area contributed by atoms with E-state index in [0.29, 0.717) is 18.9 Å². The maximum Gasteiger partial charge on any atom is 0.227 e. The van der Waals surface area contributed by atoms with Gasteiger partial charge in [-0.1, -0.05) is 62.4 Å². The minimum absolute atomic E-state index is 0.193. The Balaban J connectivity index is 2.16. The smallest absolute Gasteiger partial charge is 0.227 e. The molecule has 2 rings (SSSR count). The van der Waals surface area contributed by atoms with Gasteiger partial charge in [0.05, 0.1) is 6.54 Å². The third-order valence-corrected chi connectivity index (χ3v) is 3.49. The maximum atomic E-state index is 12.6. The van der Waals surface area contributed by atoms with E-state index in [0.717, 1.165) is 17.7 Å². The number of nitrogens with zero attached hydrogens (tertiary/aromatic N) is 1. The van der Waals surface area contributed by atoms with Crippen molar-refractivity contribution in [2.24, 2.45) is 5.92 Å². The number of benzene rings is 2. The van der Waals surface area contributed by atoms with Crippen LogP contribution >= 0.6 is 0 Å². The topological polar surface area (TPSA) is 20.3 Å². The summed E-state index contributed by atoms with van der Waals surface area (Å²) in [5, 5.41) is 0. The van der Waals surface area contributed by atoms with Gasteiger partial charge in [0.2, 0.25) is 5.91 Å². The molecule has 0 saturated carbocycles. The molecule has 0 atom stereocenters. The predicted octanol–water partition coefficient (Wildman–Crippen LogP) is 4.66. The van der Waals surface area contributed by atoms with Gasteiger partial charge in [0.1, 0.15) is 0 Å². The number of anilines is 1. The molecule has 0 aliphatic rings. The van der Waals surface area contributed by atoms with Crippen LogP contribution in [0.25, 0.3) is 0 Å². The molecular weight excluding hydrogens is 258 g/mol. The van der Waals surface area contributed by atoms with Crippen LogP contribution in [0.2, 0.25) is 0 Å². The molecule has 0 aliphatic carbocycles. The third kappa shape index (κ3) is 4.75. The van der Waals surface area contributed by atoms with Crippen molar-refractivity contribution in [3.63, 3.8) is 0 Å². The normalized spacial score (nSPS) is 10.6. The molecule has 0 unspecified atom stereocenters. The van der Waals surface area contributed by atoms with Gasteiger partial charge in [-0.3, -0.25) is 4.79 Å². The molecule has 2 aromatic carbocycles. The molecule has 110 valence electrons. The second-order valence-electron chi connectivity index (χ2n) is 5.73. The number of rotatable bonds is 6. The lowest BCUT2D eigenvalue weighted by atomic mass is 10.1. The van der Waals surface area contributed by atoms with Gasteiger partial charge in [0.15, 0.2) is 0 Å². The van der Waals surface area contributed by atoms with E-state index in [4.69, 9.17) is 0 Å². The van der Waals surface area contributed by atoms with Crippen molar-refractivity contribution in [1.29, 1.82) is 0 Å². The van der Waals surface area contributed by atoms with E-state index < -0.39 is 0 Å². The molecule has 0 N–H and O–H groups in total. The minimum atomic E-state index is 0.193. The van der Waals surface area contributed by atoms with E-state index in [2.05, 4.69) is 26.0 Å². The molecular formula is C19H23NO. The molecule has 0 fully saturated rings. The second kappa shape index (κ2) is 7.63. The van der Waals surface area contributed by atoms with Crippen LogP contribution in [0.3, 0.4) is 0 Å². The number of carbonyl (C=O) groups excluding carboxylic acids is 1. The molecule has 2 aromatic rings. The van der Waals surface area contributed by atoms with Crippen molar-refractivity contribution in [3.8, 4) is 0 Å². The highest BCUT2D eigenvalue weighted by Gasteiger charge is 2.16. The second-order valence-corrected chi connectivity index (χ2v) is 5.73. The lowest BCUT2D eigenvalue weighted by molar-refractivity contribution is -0.119. The molecule has 0 bridgehead atoms. The van der Waals surface area contributed by atoms with Crippen LogP contribution in [-0.2, 0) is 11.3 Å². The van der Waals surface area contributed by atoms with Crippen LogP contribution in [0.1, 0.15) is 32.3 Å². The molecule has 1 amide bonds. The molecule has 2 nitrogen and oxygen atoms in total. The zero-order valence-electron chi connectivity index (χ0n) is 12.8. The van der Waals surface area contributed by atoms with E-state index in [1.165, 1.54) is 0 Å². The fourth-order valence-corrected chi connectivity index (χ4v) is 2.24. The molecule has 0 aliphatic heterocycles. The van der Waals surface area contributed by atoms with Gasteiger partial charge in [-0.15, -0.1) is 0 Å². The van der Waals surface area contributed by atoms with Crippen LogP contribution < -0.4 is 4.90 Å². The van der Waals surface area contributed by atoms with E-state index in [-0.39, 0.29) is 5.91 Å².